The van der Waals surface area contributed by atoms with Crippen LogP contribution in [0.25, 0.3) is 11.0 Å². The molecule has 0 amide bonds. The highest BCUT2D eigenvalue weighted by atomic mass is 35.5. The molecule has 2 aromatic rings. The zero-order valence-electron chi connectivity index (χ0n) is 10.7. The van der Waals surface area contributed by atoms with Crippen LogP contribution in [0.1, 0.15) is 38.1 Å². The van der Waals surface area contributed by atoms with Gasteiger partial charge in [0.25, 0.3) is 0 Å². The molecule has 0 N–H and O–H groups in total. The fourth-order valence-electron chi connectivity index (χ4n) is 2.67. The predicted octanol–water partition coefficient (Wildman–Crippen LogP) is 4.93. The summed E-state index contributed by atoms with van der Waals surface area (Å²) < 4.78 is 15.6. The van der Waals surface area contributed by atoms with Gasteiger partial charge in [0.05, 0.1) is 21.9 Å². The third-order valence-electron chi connectivity index (χ3n) is 3.74. The number of fused-ring (bicyclic) bond motifs is 1. The number of halogens is 3. The molecule has 0 radical (unpaired) electrons. The third-order valence-corrected chi connectivity index (χ3v) is 4.26. The molecule has 0 saturated heterocycles. The second-order valence-corrected chi connectivity index (χ2v) is 5.99. The van der Waals surface area contributed by atoms with Gasteiger partial charge in [-0.15, -0.1) is 11.6 Å². The van der Waals surface area contributed by atoms with E-state index in [4.69, 9.17) is 23.2 Å². The first-order valence-electron chi connectivity index (χ1n) is 6.52. The number of hydrogen-bond donors (Lipinski definition) is 0. The van der Waals surface area contributed by atoms with Gasteiger partial charge in [-0.3, -0.25) is 0 Å². The summed E-state index contributed by atoms with van der Waals surface area (Å²) in [7, 11) is 0. The molecule has 1 aliphatic rings. The van der Waals surface area contributed by atoms with E-state index < -0.39 is 5.82 Å². The van der Waals surface area contributed by atoms with Crippen molar-refractivity contribution < 1.29 is 4.39 Å². The van der Waals surface area contributed by atoms with Gasteiger partial charge in [0.2, 0.25) is 0 Å². The Bertz CT molecular complexity index is 619. The van der Waals surface area contributed by atoms with Crippen molar-refractivity contribution in [2.45, 2.75) is 38.1 Å². The van der Waals surface area contributed by atoms with Crippen molar-refractivity contribution in [2.24, 2.45) is 5.92 Å². The molecule has 1 unspecified atom stereocenters. The van der Waals surface area contributed by atoms with Crippen molar-refractivity contribution in [3.8, 4) is 0 Å². The number of nitrogens with zero attached hydrogens (tertiary/aromatic N) is 2. The monoisotopic (exact) mass is 300 g/mol. The summed E-state index contributed by atoms with van der Waals surface area (Å²) in [4.78, 5) is 4.41. The summed E-state index contributed by atoms with van der Waals surface area (Å²) in [6.07, 6.45) is 3.73. The molecule has 0 aliphatic heterocycles. The average Bonchev–Trinajstić information content (AvgIpc) is 3.10. The standard InChI is InChI=1S/C14H15Cl2FN2/c1-8(4-9-2-3-9)19-13-5-10(16)11(17)6-12(13)18-14(19)7-15/h5-6,8-9H,2-4,7H2,1H3. The van der Waals surface area contributed by atoms with Crippen molar-refractivity contribution >= 4 is 34.2 Å². The molecule has 1 aromatic heterocycles. The topological polar surface area (TPSA) is 17.8 Å². The van der Waals surface area contributed by atoms with Gasteiger partial charge in [-0.2, -0.15) is 0 Å². The molecule has 0 spiro atoms. The Morgan fingerprint density at radius 1 is 1.47 bits per heavy atom. The summed E-state index contributed by atoms with van der Waals surface area (Å²) in [6, 6.07) is 3.35. The minimum Gasteiger partial charge on any atom is -0.324 e. The van der Waals surface area contributed by atoms with Gasteiger partial charge in [-0.25, -0.2) is 9.37 Å². The molecule has 1 atom stereocenters. The highest BCUT2D eigenvalue weighted by Crippen LogP contribution is 2.38. The molecule has 0 bridgehead atoms. The lowest BCUT2D eigenvalue weighted by Crippen LogP contribution is -2.09. The summed E-state index contributed by atoms with van der Waals surface area (Å²) in [5.74, 6) is 1.48. The van der Waals surface area contributed by atoms with Gasteiger partial charge in [0.1, 0.15) is 11.6 Å². The van der Waals surface area contributed by atoms with E-state index in [1.165, 1.54) is 18.9 Å². The largest absolute Gasteiger partial charge is 0.324 e. The van der Waals surface area contributed by atoms with E-state index in [0.29, 0.717) is 17.4 Å². The fourth-order valence-corrected chi connectivity index (χ4v) is 3.01. The van der Waals surface area contributed by atoms with Crippen LogP contribution in [-0.4, -0.2) is 9.55 Å². The quantitative estimate of drug-likeness (QED) is 0.732. The lowest BCUT2D eigenvalue weighted by Gasteiger charge is -2.16. The summed E-state index contributed by atoms with van der Waals surface area (Å²) in [6.45, 7) is 2.16. The van der Waals surface area contributed by atoms with Gasteiger partial charge in [-0.05, 0) is 25.3 Å². The zero-order chi connectivity index (χ0) is 13.6. The van der Waals surface area contributed by atoms with E-state index in [0.717, 1.165) is 23.7 Å². The first-order chi connectivity index (χ1) is 9.10. The highest BCUT2D eigenvalue weighted by molar-refractivity contribution is 6.31. The number of alkyl halides is 1. The molecule has 19 heavy (non-hydrogen) atoms. The second-order valence-electron chi connectivity index (χ2n) is 5.31. The Morgan fingerprint density at radius 3 is 2.84 bits per heavy atom. The average molecular weight is 301 g/mol. The second kappa shape index (κ2) is 4.95. The molecule has 1 aromatic carbocycles. The van der Waals surface area contributed by atoms with Crippen LogP contribution in [0.15, 0.2) is 12.1 Å². The molecular formula is C14H15Cl2FN2. The lowest BCUT2D eigenvalue weighted by molar-refractivity contribution is 0.477. The number of imidazole rings is 1. The van der Waals surface area contributed by atoms with E-state index in [-0.39, 0.29) is 5.02 Å². The molecule has 1 saturated carbocycles. The molecule has 1 fully saturated rings. The van der Waals surface area contributed by atoms with Crippen LogP contribution in [0.5, 0.6) is 0 Å². The Balaban J connectivity index is 2.10. The maximum atomic E-state index is 13.5. The highest BCUT2D eigenvalue weighted by Gasteiger charge is 2.26. The van der Waals surface area contributed by atoms with Crippen molar-refractivity contribution in [1.82, 2.24) is 9.55 Å². The SMILES string of the molecule is CC(CC1CC1)n1c(CCl)nc2cc(F)c(Cl)cc21. The Labute approximate surface area is 121 Å². The summed E-state index contributed by atoms with van der Waals surface area (Å²) in [5, 5.41) is 0.133. The molecule has 2 nitrogen and oxygen atoms in total. The van der Waals surface area contributed by atoms with Crippen molar-refractivity contribution in [2.75, 3.05) is 0 Å². The number of rotatable bonds is 4. The fraction of sp³-hybridized carbons (Fsp3) is 0.500. The van der Waals surface area contributed by atoms with Crippen LogP contribution in [0, 0.1) is 11.7 Å². The van der Waals surface area contributed by atoms with Crippen molar-refractivity contribution in [1.29, 1.82) is 0 Å². The molecule has 102 valence electrons. The normalized spacial score (nSPS) is 17.1. The maximum absolute atomic E-state index is 13.5. The van der Waals surface area contributed by atoms with Crippen LogP contribution in [0.4, 0.5) is 4.39 Å². The van der Waals surface area contributed by atoms with Crippen LogP contribution >= 0.6 is 23.2 Å². The zero-order valence-corrected chi connectivity index (χ0v) is 12.2. The van der Waals surface area contributed by atoms with Gasteiger partial charge < -0.3 is 4.57 Å². The van der Waals surface area contributed by atoms with Crippen LogP contribution < -0.4 is 0 Å². The van der Waals surface area contributed by atoms with E-state index in [1.807, 2.05) is 0 Å². The minimum absolute atomic E-state index is 0.133. The smallest absolute Gasteiger partial charge is 0.144 e. The molecule has 1 aliphatic carbocycles. The first kappa shape index (κ1) is 13.2. The lowest BCUT2D eigenvalue weighted by atomic mass is 10.1. The molecule has 5 heteroatoms. The predicted molar refractivity (Wildman–Crippen MR) is 76.3 cm³/mol. The van der Waals surface area contributed by atoms with Crippen molar-refractivity contribution in [3.05, 3.63) is 28.8 Å². The van der Waals surface area contributed by atoms with Crippen molar-refractivity contribution in [3.63, 3.8) is 0 Å². The van der Waals surface area contributed by atoms with Gasteiger partial charge in [0, 0.05) is 12.1 Å². The molecular weight excluding hydrogens is 286 g/mol. The van der Waals surface area contributed by atoms with Crippen LogP contribution in [-0.2, 0) is 5.88 Å². The Hall–Kier alpha value is -0.800. The van der Waals surface area contributed by atoms with E-state index in [2.05, 4.69) is 16.5 Å². The maximum Gasteiger partial charge on any atom is 0.144 e. The minimum atomic E-state index is -0.435. The van der Waals surface area contributed by atoms with Gasteiger partial charge in [-0.1, -0.05) is 24.4 Å². The van der Waals surface area contributed by atoms with Crippen LogP contribution in [0.2, 0.25) is 5.02 Å². The number of hydrogen-bond acceptors (Lipinski definition) is 1. The van der Waals surface area contributed by atoms with E-state index in [9.17, 15) is 4.39 Å². The molecule has 3 rings (SSSR count). The summed E-state index contributed by atoms with van der Waals surface area (Å²) >= 11 is 11.9. The Kier molecular flexibility index (Phi) is 3.44. The van der Waals surface area contributed by atoms with E-state index >= 15 is 0 Å². The summed E-state index contributed by atoms with van der Waals surface area (Å²) in [5.41, 5.74) is 1.50. The Morgan fingerprint density at radius 2 is 2.21 bits per heavy atom. The number of benzene rings is 1. The van der Waals surface area contributed by atoms with E-state index in [1.54, 1.807) is 6.07 Å². The first-order valence-corrected chi connectivity index (χ1v) is 7.43. The van der Waals surface area contributed by atoms with Gasteiger partial charge in [0.15, 0.2) is 0 Å². The molecule has 1 heterocycles. The van der Waals surface area contributed by atoms with Crippen LogP contribution in [0.3, 0.4) is 0 Å². The van der Waals surface area contributed by atoms with Gasteiger partial charge >= 0.3 is 0 Å². The number of aromatic nitrogens is 2. The third kappa shape index (κ3) is 2.46.